The topological polar surface area (TPSA) is 67.1 Å². The predicted octanol–water partition coefficient (Wildman–Crippen LogP) is 2.33. The van der Waals surface area contributed by atoms with Crippen LogP contribution in [0, 0.1) is 6.92 Å². The third-order valence-corrected chi connectivity index (χ3v) is 4.12. The molecule has 2 fully saturated rings. The molecule has 0 radical (unpaired) electrons. The number of hydrogen-bond acceptors (Lipinski definition) is 5. The van der Waals surface area contributed by atoms with Gasteiger partial charge in [-0.15, -0.1) is 0 Å². The van der Waals surface area contributed by atoms with Gasteiger partial charge < -0.3 is 10.3 Å². The second-order valence-corrected chi connectivity index (χ2v) is 5.70. The van der Waals surface area contributed by atoms with E-state index >= 15 is 0 Å². The number of aromatic nitrogens is 2. The maximum Gasteiger partial charge on any atom is 0.148 e. The molecule has 104 valence electrons. The number of rotatable bonds is 3. The van der Waals surface area contributed by atoms with Gasteiger partial charge in [-0.25, -0.2) is 15.8 Å². The molecule has 0 bridgehead atoms. The normalized spacial score (nSPS) is 20.2. The molecule has 1 aromatic heterocycles. The summed E-state index contributed by atoms with van der Waals surface area (Å²) in [5.41, 5.74) is 3.81. The first-order chi connectivity index (χ1) is 9.29. The van der Waals surface area contributed by atoms with Crippen molar-refractivity contribution in [2.45, 2.75) is 51.4 Å². The Labute approximate surface area is 114 Å². The molecule has 0 unspecified atom stereocenters. The summed E-state index contributed by atoms with van der Waals surface area (Å²) in [4.78, 5) is 11.8. The van der Waals surface area contributed by atoms with Crippen molar-refractivity contribution in [2.75, 3.05) is 23.4 Å². The summed E-state index contributed by atoms with van der Waals surface area (Å²) in [5, 5.41) is 0. The van der Waals surface area contributed by atoms with Crippen LogP contribution in [-0.2, 0) is 0 Å². The van der Waals surface area contributed by atoms with Crippen LogP contribution in [0.1, 0.15) is 55.8 Å². The van der Waals surface area contributed by atoms with Crippen LogP contribution in [0.4, 0.5) is 11.6 Å². The van der Waals surface area contributed by atoms with Crippen LogP contribution in [0.15, 0.2) is 0 Å². The van der Waals surface area contributed by atoms with Crippen LogP contribution in [0.5, 0.6) is 0 Å². The Balaban J connectivity index is 1.95. The van der Waals surface area contributed by atoms with E-state index in [1.165, 1.54) is 38.5 Å². The summed E-state index contributed by atoms with van der Waals surface area (Å²) < 4.78 is 0. The highest BCUT2D eigenvalue weighted by molar-refractivity contribution is 5.58. The third-order valence-electron chi connectivity index (χ3n) is 4.12. The first-order valence-electron chi connectivity index (χ1n) is 7.39. The SMILES string of the molecule is Cc1c(NN)nc(C2CC2)nc1N1CCCCCC1. The van der Waals surface area contributed by atoms with Gasteiger partial charge in [0.05, 0.1) is 0 Å². The minimum Gasteiger partial charge on any atom is -0.356 e. The Bertz CT molecular complexity index is 447. The highest BCUT2D eigenvalue weighted by Gasteiger charge is 2.29. The average molecular weight is 261 g/mol. The van der Waals surface area contributed by atoms with Crippen molar-refractivity contribution in [3.63, 3.8) is 0 Å². The van der Waals surface area contributed by atoms with Crippen molar-refractivity contribution >= 4 is 11.6 Å². The minimum atomic E-state index is 0.554. The third kappa shape index (κ3) is 2.66. The number of nitrogens with one attached hydrogen (secondary N) is 1. The summed E-state index contributed by atoms with van der Waals surface area (Å²) in [7, 11) is 0. The molecule has 1 saturated heterocycles. The van der Waals surface area contributed by atoms with Gasteiger partial charge in [0.1, 0.15) is 17.5 Å². The molecule has 1 aliphatic heterocycles. The number of anilines is 2. The lowest BCUT2D eigenvalue weighted by Crippen LogP contribution is -2.27. The standard InChI is InChI=1S/C14H23N5/c1-10-12(18-15)16-13(11-6-7-11)17-14(10)19-8-4-2-3-5-9-19/h11H,2-9,15H2,1H3,(H,16,17,18). The van der Waals surface area contributed by atoms with E-state index in [4.69, 9.17) is 10.8 Å². The number of hydrazine groups is 1. The van der Waals surface area contributed by atoms with E-state index in [9.17, 15) is 0 Å². The Hall–Kier alpha value is -1.36. The van der Waals surface area contributed by atoms with Crippen LogP contribution in [0.3, 0.4) is 0 Å². The van der Waals surface area contributed by atoms with Crippen molar-refractivity contribution in [2.24, 2.45) is 5.84 Å². The fourth-order valence-electron chi connectivity index (χ4n) is 2.78. The van der Waals surface area contributed by atoms with Gasteiger partial charge >= 0.3 is 0 Å². The summed E-state index contributed by atoms with van der Waals surface area (Å²) in [6.07, 6.45) is 7.61. The second-order valence-electron chi connectivity index (χ2n) is 5.70. The van der Waals surface area contributed by atoms with Crippen LogP contribution in [0.25, 0.3) is 0 Å². The van der Waals surface area contributed by atoms with Gasteiger partial charge in [0, 0.05) is 24.6 Å². The lowest BCUT2D eigenvalue weighted by atomic mass is 10.2. The molecule has 1 aliphatic carbocycles. The first-order valence-corrected chi connectivity index (χ1v) is 7.39. The highest BCUT2D eigenvalue weighted by atomic mass is 15.3. The van der Waals surface area contributed by atoms with E-state index in [0.29, 0.717) is 5.92 Å². The van der Waals surface area contributed by atoms with E-state index in [0.717, 1.165) is 36.1 Å². The summed E-state index contributed by atoms with van der Waals surface area (Å²) in [6, 6.07) is 0. The quantitative estimate of drug-likeness (QED) is 0.645. The van der Waals surface area contributed by atoms with Crippen molar-refractivity contribution < 1.29 is 0 Å². The molecule has 0 spiro atoms. The molecule has 19 heavy (non-hydrogen) atoms. The molecule has 0 amide bonds. The van der Waals surface area contributed by atoms with Crippen molar-refractivity contribution in [1.82, 2.24) is 9.97 Å². The monoisotopic (exact) mass is 261 g/mol. The molecule has 1 saturated carbocycles. The van der Waals surface area contributed by atoms with E-state index in [1.807, 2.05) is 0 Å². The van der Waals surface area contributed by atoms with Crippen molar-refractivity contribution in [3.8, 4) is 0 Å². The molecule has 3 rings (SSSR count). The van der Waals surface area contributed by atoms with Gasteiger partial charge in [-0.1, -0.05) is 12.8 Å². The zero-order chi connectivity index (χ0) is 13.2. The Morgan fingerprint density at radius 3 is 2.37 bits per heavy atom. The van der Waals surface area contributed by atoms with Crippen LogP contribution in [0.2, 0.25) is 0 Å². The number of nitrogens with zero attached hydrogens (tertiary/aromatic N) is 3. The highest BCUT2D eigenvalue weighted by Crippen LogP contribution is 2.40. The van der Waals surface area contributed by atoms with E-state index < -0.39 is 0 Å². The zero-order valence-electron chi connectivity index (χ0n) is 11.7. The molecule has 2 aliphatic rings. The molecule has 0 atom stereocenters. The van der Waals surface area contributed by atoms with Crippen LogP contribution in [-0.4, -0.2) is 23.1 Å². The maximum absolute atomic E-state index is 5.61. The average Bonchev–Trinajstić information content (AvgIpc) is 3.26. The maximum atomic E-state index is 5.61. The van der Waals surface area contributed by atoms with Crippen molar-refractivity contribution in [1.29, 1.82) is 0 Å². The first kappa shape index (κ1) is 12.7. The van der Waals surface area contributed by atoms with Crippen LogP contribution >= 0.6 is 0 Å². The van der Waals surface area contributed by atoms with E-state index in [2.05, 4.69) is 22.2 Å². The van der Waals surface area contributed by atoms with E-state index in [1.54, 1.807) is 0 Å². The lowest BCUT2D eigenvalue weighted by molar-refractivity contribution is 0.726. The number of nitrogens with two attached hydrogens (primary N) is 1. The van der Waals surface area contributed by atoms with Gasteiger partial charge in [-0.3, -0.25) is 0 Å². The lowest BCUT2D eigenvalue weighted by Gasteiger charge is -2.24. The Morgan fingerprint density at radius 1 is 1.11 bits per heavy atom. The van der Waals surface area contributed by atoms with Gasteiger partial charge in [0.25, 0.3) is 0 Å². The molecule has 0 aromatic carbocycles. The fourth-order valence-corrected chi connectivity index (χ4v) is 2.78. The predicted molar refractivity (Wildman–Crippen MR) is 77.2 cm³/mol. The number of hydrogen-bond donors (Lipinski definition) is 2. The zero-order valence-corrected chi connectivity index (χ0v) is 11.7. The summed E-state index contributed by atoms with van der Waals surface area (Å²) >= 11 is 0. The van der Waals surface area contributed by atoms with Gasteiger partial charge in [0.15, 0.2) is 0 Å². The second kappa shape index (κ2) is 5.33. The number of nitrogen functional groups attached to an aromatic ring is 1. The molecule has 3 N–H and O–H groups in total. The molecule has 1 aromatic rings. The molecule has 5 heteroatoms. The molecule has 2 heterocycles. The molecular weight excluding hydrogens is 238 g/mol. The summed E-state index contributed by atoms with van der Waals surface area (Å²) in [5.74, 6) is 9.01. The Kier molecular flexibility index (Phi) is 3.55. The van der Waals surface area contributed by atoms with Gasteiger partial charge in [-0.05, 0) is 32.6 Å². The minimum absolute atomic E-state index is 0.554. The molecular formula is C14H23N5. The van der Waals surface area contributed by atoms with Gasteiger partial charge in [-0.2, -0.15) is 0 Å². The largest absolute Gasteiger partial charge is 0.356 e. The van der Waals surface area contributed by atoms with Crippen LogP contribution < -0.4 is 16.2 Å². The fraction of sp³-hybridized carbons (Fsp3) is 0.714. The Morgan fingerprint density at radius 2 is 1.79 bits per heavy atom. The smallest absolute Gasteiger partial charge is 0.148 e. The molecule has 5 nitrogen and oxygen atoms in total. The summed E-state index contributed by atoms with van der Waals surface area (Å²) in [6.45, 7) is 4.27. The van der Waals surface area contributed by atoms with Gasteiger partial charge in [0.2, 0.25) is 0 Å². The van der Waals surface area contributed by atoms with Crippen molar-refractivity contribution in [3.05, 3.63) is 11.4 Å². The van der Waals surface area contributed by atoms with E-state index in [-0.39, 0.29) is 0 Å².